The zero-order valence-electron chi connectivity index (χ0n) is 54.0. The maximum absolute atomic E-state index is 12.4. The molecule has 9 fully saturated rings. The topological polar surface area (TPSA) is 242 Å². The Labute approximate surface area is 490 Å². The van der Waals surface area contributed by atoms with E-state index in [9.17, 15) is 34.2 Å². The van der Waals surface area contributed by atoms with Crippen LogP contribution in [0.25, 0.3) is 0 Å². The molecule has 9 aliphatic rings. The molecule has 0 spiro atoms. The Bertz CT molecular complexity index is 1900. The van der Waals surface area contributed by atoms with E-state index < -0.39 is 40.2 Å². The van der Waals surface area contributed by atoms with E-state index in [0.29, 0.717) is 30.8 Å². The summed E-state index contributed by atoms with van der Waals surface area (Å²) < 4.78 is 32.4. The van der Waals surface area contributed by atoms with Gasteiger partial charge in [0.2, 0.25) is 0 Å². The quantitative estimate of drug-likeness (QED) is 0.0713. The van der Waals surface area contributed by atoms with Gasteiger partial charge < -0.3 is 54.0 Å². The lowest BCUT2D eigenvalue weighted by atomic mass is 9.52. The van der Waals surface area contributed by atoms with Gasteiger partial charge in [-0.05, 0) is 227 Å². The summed E-state index contributed by atoms with van der Waals surface area (Å²) >= 11 is 0. The third-order valence-corrected chi connectivity index (χ3v) is 19.6. The van der Waals surface area contributed by atoms with Gasteiger partial charge in [0.05, 0.1) is 52.0 Å². The first kappa shape index (κ1) is 74.2. The Morgan fingerprint density at radius 3 is 1.42 bits per heavy atom. The average Bonchev–Trinajstić information content (AvgIpc) is 4.31. The Hall–Kier alpha value is -2.89. The van der Waals surface area contributed by atoms with Crippen LogP contribution in [0, 0.1) is 62.6 Å². The molecule has 81 heavy (non-hydrogen) atoms. The summed E-state index contributed by atoms with van der Waals surface area (Å²) in [6.07, 6.45) is 20.9. The molecule has 8 aliphatic carbocycles. The molecule has 16 heteroatoms. The fourth-order valence-corrected chi connectivity index (χ4v) is 12.6. The zero-order chi connectivity index (χ0) is 62.0. The Balaban J connectivity index is 0.000000344. The van der Waals surface area contributed by atoms with Crippen molar-refractivity contribution in [3.63, 3.8) is 0 Å². The molecule has 0 aromatic carbocycles. The van der Waals surface area contributed by atoms with Gasteiger partial charge in [-0.1, -0.05) is 47.5 Å². The van der Waals surface area contributed by atoms with Crippen LogP contribution in [-0.2, 0) is 52.4 Å². The first-order valence-electron chi connectivity index (χ1n) is 31.3. The molecule has 1 heterocycles. The molecule has 0 amide bonds. The van der Waals surface area contributed by atoms with Gasteiger partial charge in [0.15, 0.2) is 6.10 Å². The number of carbonyl (C=O) groups is 5. The van der Waals surface area contributed by atoms with Crippen LogP contribution in [0.5, 0.6) is 0 Å². The number of fused-ring (bicyclic) bond motifs is 5. The Morgan fingerprint density at radius 1 is 0.531 bits per heavy atom. The molecule has 474 valence electrons. The van der Waals surface area contributed by atoms with E-state index in [1.54, 1.807) is 6.92 Å². The van der Waals surface area contributed by atoms with E-state index in [-0.39, 0.29) is 71.7 Å². The second-order valence-electron chi connectivity index (χ2n) is 28.2. The molecule has 1 saturated heterocycles. The predicted molar refractivity (Wildman–Crippen MR) is 314 cm³/mol. The molecule has 10 unspecified atom stereocenters. The van der Waals surface area contributed by atoms with Crippen LogP contribution < -0.4 is 0 Å². The van der Waals surface area contributed by atoms with Crippen molar-refractivity contribution in [3.8, 4) is 0 Å². The van der Waals surface area contributed by atoms with Gasteiger partial charge in [0.1, 0.15) is 30.5 Å². The minimum absolute atomic E-state index is 0.0214. The van der Waals surface area contributed by atoms with E-state index in [4.69, 9.17) is 43.7 Å². The number of carbonyl (C=O) groups excluding carboxylic acids is 5. The summed E-state index contributed by atoms with van der Waals surface area (Å²) in [7, 11) is 2.00. The second kappa shape index (κ2) is 32.6. The van der Waals surface area contributed by atoms with Crippen molar-refractivity contribution in [3.05, 3.63) is 0 Å². The number of rotatable bonds is 16. The molecular weight excluding hydrogens is 1040 g/mol. The van der Waals surface area contributed by atoms with Crippen LogP contribution in [0.15, 0.2) is 0 Å². The molecular formula is C65H118O16. The molecule has 0 aromatic rings. The van der Waals surface area contributed by atoms with E-state index in [1.807, 2.05) is 96.9 Å². The summed E-state index contributed by atoms with van der Waals surface area (Å²) in [5, 5.41) is 42.9. The van der Waals surface area contributed by atoms with Gasteiger partial charge in [-0.3, -0.25) is 24.0 Å². The van der Waals surface area contributed by atoms with Crippen molar-refractivity contribution in [1.29, 1.82) is 0 Å². The molecule has 16 nitrogen and oxygen atoms in total. The SMILES string of the molecule is CCC(C)(C)C(=O)OC12CC3CC(CC(O)(C3)C1)C2.CCC(C)(C)C(=O)OC1CC2CC1C1CCCC21.CCC(C)(C)C(=O)OC1CCCCC1.CCC(C)(C)C(=O)OC1COCC1O.CCC(C)(C)C(=O)OCC(C)O.CO.CO. The molecule has 1 aliphatic heterocycles. The largest absolute Gasteiger partial charge is 0.463 e. The number of aliphatic hydroxyl groups is 5. The average molecular weight is 1160 g/mol. The minimum atomic E-state index is -0.674. The zero-order valence-corrected chi connectivity index (χ0v) is 54.0. The maximum Gasteiger partial charge on any atom is 0.312 e. The normalized spacial score (nSPS) is 30.1. The van der Waals surface area contributed by atoms with Crippen LogP contribution >= 0.6 is 0 Å². The first-order valence-corrected chi connectivity index (χ1v) is 31.3. The second-order valence-corrected chi connectivity index (χ2v) is 28.2. The van der Waals surface area contributed by atoms with Crippen LogP contribution in [-0.4, -0.2) is 131 Å². The van der Waals surface area contributed by atoms with Gasteiger partial charge in [0, 0.05) is 20.6 Å². The molecule has 0 aromatic heterocycles. The summed E-state index contributed by atoms with van der Waals surface area (Å²) in [5.41, 5.74) is -2.86. The van der Waals surface area contributed by atoms with Crippen LogP contribution in [0.4, 0.5) is 0 Å². The van der Waals surface area contributed by atoms with Crippen LogP contribution in [0.1, 0.15) is 246 Å². The predicted octanol–water partition coefficient (Wildman–Crippen LogP) is 11.4. The van der Waals surface area contributed by atoms with E-state index in [0.717, 1.165) is 109 Å². The van der Waals surface area contributed by atoms with Gasteiger partial charge in [0.25, 0.3) is 0 Å². The number of hydrogen-bond donors (Lipinski definition) is 5. The molecule has 9 rings (SSSR count). The highest BCUT2D eigenvalue weighted by molar-refractivity contribution is 5.78. The highest BCUT2D eigenvalue weighted by Gasteiger charge is 2.60. The summed E-state index contributed by atoms with van der Waals surface area (Å²) in [6.45, 7) is 31.3. The summed E-state index contributed by atoms with van der Waals surface area (Å²) in [6, 6.07) is 0. The van der Waals surface area contributed by atoms with E-state index in [2.05, 4.69) is 6.92 Å². The first-order chi connectivity index (χ1) is 37.7. The van der Waals surface area contributed by atoms with Crippen LogP contribution in [0.2, 0.25) is 0 Å². The number of hydrogen-bond acceptors (Lipinski definition) is 16. The van der Waals surface area contributed by atoms with Gasteiger partial charge in [-0.25, -0.2) is 0 Å². The van der Waals surface area contributed by atoms with Crippen molar-refractivity contribution in [2.75, 3.05) is 34.0 Å². The smallest absolute Gasteiger partial charge is 0.312 e. The monoisotopic (exact) mass is 1150 g/mol. The highest BCUT2D eigenvalue weighted by Crippen LogP contribution is 2.60. The number of esters is 5. The van der Waals surface area contributed by atoms with Crippen molar-refractivity contribution in [2.24, 2.45) is 62.6 Å². The van der Waals surface area contributed by atoms with Gasteiger partial charge >= 0.3 is 29.8 Å². The third kappa shape index (κ3) is 21.5. The molecule has 0 radical (unpaired) electrons. The Morgan fingerprint density at radius 2 is 0.975 bits per heavy atom. The Kier molecular flexibility index (Phi) is 29.8. The maximum atomic E-state index is 12.4. The number of ether oxygens (including phenoxy) is 6. The lowest BCUT2D eigenvalue weighted by Gasteiger charge is -2.59. The molecule has 10 atom stereocenters. The van der Waals surface area contributed by atoms with Crippen molar-refractivity contribution < 1.29 is 77.9 Å². The minimum Gasteiger partial charge on any atom is -0.463 e. The van der Waals surface area contributed by atoms with Gasteiger partial charge in [-0.15, -0.1) is 0 Å². The summed E-state index contributed by atoms with van der Waals surface area (Å²) in [4.78, 5) is 59.2. The fourth-order valence-electron chi connectivity index (χ4n) is 12.6. The number of aliphatic hydroxyl groups excluding tert-OH is 4. The molecule has 5 N–H and O–H groups in total. The lowest BCUT2D eigenvalue weighted by molar-refractivity contribution is -0.225. The summed E-state index contributed by atoms with van der Waals surface area (Å²) in [5.74, 6) is 3.94. The standard InChI is InChI=1S/C16H26O3.C16H26O2.C12H22O2.C10H18O4.C9H18O3.2CH4O/c1-4-14(2,3)13(17)19-16-8-11-5-12(9-16)7-15(18,6-11)10-16;1-4-16(2,3)15(17)18-14-9-10-8-13(14)12-7-5-6-11(10)12;1-4-12(2,3)11(13)14-10-8-6-5-7-9-10;1-4-10(2,3)9(12)14-8-6-13-5-7(8)11;1-5-9(3,4)8(11)12-6-7(2)10;2*1-2/h11-12,18H,4-10H2,1-3H3;10-14H,4-9H2,1-3H3;10H,4-9H2,1-3H3;7-8,11H,4-6H2,1-3H3;7,10H,5-6H2,1-4H3;2*2H,1H3. The van der Waals surface area contributed by atoms with E-state index in [1.165, 1.54) is 51.4 Å². The van der Waals surface area contributed by atoms with Crippen molar-refractivity contribution in [2.45, 2.75) is 287 Å². The molecule has 6 bridgehead atoms. The fraction of sp³-hybridized carbons (Fsp3) is 0.923. The van der Waals surface area contributed by atoms with Gasteiger partial charge in [-0.2, -0.15) is 0 Å². The highest BCUT2D eigenvalue weighted by atomic mass is 16.6. The molecule has 8 saturated carbocycles. The van der Waals surface area contributed by atoms with Crippen molar-refractivity contribution in [1.82, 2.24) is 0 Å². The third-order valence-electron chi connectivity index (χ3n) is 19.6. The van der Waals surface area contributed by atoms with E-state index >= 15 is 0 Å². The van der Waals surface area contributed by atoms with Crippen LogP contribution in [0.3, 0.4) is 0 Å². The lowest BCUT2D eigenvalue weighted by Crippen LogP contribution is -2.61. The van der Waals surface area contributed by atoms with Crippen molar-refractivity contribution >= 4 is 29.8 Å².